The molecule has 0 amide bonds. The van der Waals surface area contributed by atoms with Gasteiger partial charge in [-0.15, -0.1) is 0 Å². The maximum atomic E-state index is 5.93. The number of hydrazine groups is 1. The van der Waals surface area contributed by atoms with Crippen molar-refractivity contribution in [1.29, 1.82) is 0 Å². The fourth-order valence-corrected chi connectivity index (χ4v) is 2.15. The Hall–Kier alpha value is -2.34. The normalized spacial score (nSPS) is 16.9. The second-order valence-corrected chi connectivity index (χ2v) is 5.20. The summed E-state index contributed by atoms with van der Waals surface area (Å²) < 4.78 is 11.6. The topological polar surface area (TPSA) is 82.3 Å². The molecule has 0 saturated heterocycles. The second-order valence-electron chi connectivity index (χ2n) is 5.20. The average molecular weight is 286 g/mol. The van der Waals surface area contributed by atoms with Crippen molar-refractivity contribution in [2.24, 2.45) is 5.84 Å². The molecule has 0 saturated carbocycles. The number of fused-ring (bicyclic) bond motifs is 1. The Morgan fingerprint density at radius 3 is 2.71 bits per heavy atom. The third kappa shape index (κ3) is 2.75. The molecule has 6 nitrogen and oxygen atoms in total. The number of nitrogen functional groups attached to an aromatic ring is 1. The van der Waals surface area contributed by atoms with Crippen LogP contribution in [0.3, 0.4) is 0 Å². The molecule has 2 heterocycles. The van der Waals surface area contributed by atoms with E-state index in [1.165, 1.54) is 0 Å². The van der Waals surface area contributed by atoms with Crippen LogP contribution in [0.5, 0.6) is 11.5 Å². The van der Waals surface area contributed by atoms with Gasteiger partial charge in [0.2, 0.25) is 0 Å². The molecule has 1 atom stereocenters. The SMILES string of the molecule is CC(C)c1cc(NN)nc(C2COc3ccccc3O2)n1. The van der Waals surface area contributed by atoms with Gasteiger partial charge in [0.25, 0.3) is 0 Å². The molecule has 0 spiro atoms. The average Bonchev–Trinajstić information content (AvgIpc) is 2.53. The highest BCUT2D eigenvalue weighted by molar-refractivity contribution is 5.41. The standard InChI is InChI=1S/C15H18N4O2/c1-9(2)10-7-14(19-16)18-15(17-10)13-8-20-11-5-3-4-6-12(11)21-13/h3-7,9,13H,8,16H2,1-2H3,(H,17,18,19). The van der Waals surface area contributed by atoms with Gasteiger partial charge in [-0.3, -0.25) is 0 Å². The Morgan fingerprint density at radius 1 is 1.24 bits per heavy atom. The largest absolute Gasteiger partial charge is 0.485 e. The molecule has 0 bridgehead atoms. The van der Waals surface area contributed by atoms with E-state index in [1.807, 2.05) is 30.3 Å². The summed E-state index contributed by atoms with van der Waals surface area (Å²) in [5, 5.41) is 0. The van der Waals surface area contributed by atoms with E-state index in [2.05, 4.69) is 29.2 Å². The summed E-state index contributed by atoms with van der Waals surface area (Å²) in [7, 11) is 0. The number of ether oxygens (including phenoxy) is 2. The lowest BCUT2D eigenvalue weighted by Gasteiger charge is -2.26. The summed E-state index contributed by atoms with van der Waals surface area (Å²) in [4.78, 5) is 8.94. The van der Waals surface area contributed by atoms with Crippen LogP contribution >= 0.6 is 0 Å². The van der Waals surface area contributed by atoms with Crippen molar-refractivity contribution in [3.63, 3.8) is 0 Å². The smallest absolute Gasteiger partial charge is 0.192 e. The molecule has 1 aliphatic rings. The van der Waals surface area contributed by atoms with Crippen LogP contribution in [0.2, 0.25) is 0 Å². The van der Waals surface area contributed by atoms with Gasteiger partial charge in [-0.25, -0.2) is 15.8 Å². The Labute approximate surface area is 123 Å². The van der Waals surface area contributed by atoms with Crippen LogP contribution in [0.15, 0.2) is 30.3 Å². The molecule has 21 heavy (non-hydrogen) atoms. The maximum absolute atomic E-state index is 5.93. The van der Waals surface area contributed by atoms with Crippen molar-refractivity contribution in [2.75, 3.05) is 12.0 Å². The summed E-state index contributed by atoms with van der Waals surface area (Å²) in [5.74, 6) is 8.35. The zero-order chi connectivity index (χ0) is 14.8. The van der Waals surface area contributed by atoms with Crippen LogP contribution in [0.25, 0.3) is 0 Å². The van der Waals surface area contributed by atoms with Crippen molar-refractivity contribution in [1.82, 2.24) is 9.97 Å². The summed E-state index contributed by atoms with van der Waals surface area (Å²) in [6.07, 6.45) is -0.342. The van der Waals surface area contributed by atoms with E-state index in [0.717, 1.165) is 11.4 Å². The number of nitrogens with one attached hydrogen (secondary N) is 1. The van der Waals surface area contributed by atoms with Crippen molar-refractivity contribution in [2.45, 2.75) is 25.9 Å². The number of aromatic nitrogens is 2. The molecular formula is C15H18N4O2. The van der Waals surface area contributed by atoms with Gasteiger partial charge in [-0.2, -0.15) is 0 Å². The van der Waals surface area contributed by atoms with Gasteiger partial charge in [0.05, 0.1) is 0 Å². The number of nitrogens with zero attached hydrogens (tertiary/aromatic N) is 2. The van der Waals surface area contributed by atoms with Crippen molar-refractivity contribution in [3.8, 4) is 11.5 Å². The summed E-state index contributed by atoms with van der Waals surface area (Å²) in [6.45, 7) is 4.52. The third-order valence-corrected chi connectivity index (χ3v) is 3.30. The number of rotatable bonds is 3. The molecule has 0 radical (unpaired) electrons. The minimum Gasteiger partial charge on any atom is -0.485 e. The highest BCUT2D eigenvalue weighted by atomic mass is 16.6. The summed E-state index contributed by atoms with van der Waals surface area (Å²) in [5.41, 5.74) is 3.49. The van der Waals surface area contributed by atoms with E-state index in [0.29, 0.717) is 24.0 Å². The highest BCUT2D eigenvalue weighted by Crippen LogP contribution is 2.35. The fourth-order valence-electron chi connectivity index (χ4n) is 2.15. The number of para-hydroxylation sites is 2. The van der Waals surface area contributed by atoms with Gasteiger partial charge in [0.1, 0.15) is 12.4 Å². The molecule has 3 rings (SSSR count). The molecule has 0 aliphatic carbocycles. The van der Waals surface area contributed by atoms with Crippen LogP contribution < -0.4 is 20.7 Å². The minimum atomic E-state index is -0.342. The number of anilines is 1. The molecule has 0 fully saturated rings. The highest BCUT2D eigenvalue weighted by Gasteiger charge is 2.25. The number of benzene rings is 1. The monoisotopic (exact) mass is 286 g/mol. The summed E-state index contributed by atoms with van der Waals surface area (Å²) >= 11 is 0. The van der Waals surface area contributed by atoms with E-state index in [-0.39, 0.29) is 12.0 Å². The number of nitrogens with two attached hydrogens (primary N) is 1. The zero-order valence-electron chi connectivity index (χ0n) is 12.0. The predicted octanol–water partition coefficient (Wildman–Crippen LogP) is 2.40. The Bertz CT molecular complexity index is 645. The maximum Gasteiger partial charge on any atom is 0.192 e. The van der Waals surface area contributed by atoms with Crippen molar-refractivity contribution in [3.05, 3.63) is 41.9 Å². The van der Waals surface area contributed by atoms with Gasteiger partial charge in [0, 0.05) is 11.8 Å². The fraction of sp³-hybridized carbons (Fsp3) is 0.333. The van der Waals surface area contributed by atoms with E-state index < -0.39 is 0 Å². The van der Waals surface area contributed by atoms with Crippen LogP contribution in [-0.2, 0) is 0 Å². The first kappa shape index (κ1) is 13.6. The minimum absolute atomic E-state index is 0.274. The van der Waals surface area contributed by atoms with Crippen molar-refractivity contribution >= 4 is 5.82 Å². The molecule has 1 aromatic heterocycles. The lowest BCUT2D eigenvalue weighted by molar-refractivity contribution is 0.0849. The first-order valence-electron chi connectivity index (χ1n) is 6.91. The predicted molar refractivity (Wildman–Crippen MR) is 79.2 cm³/mol. The van der Waals surface area contributed by atoms with Crippen LogP contribution in [0.1, 0.15) is 37.4 Å². The molecule has 6 heteroatoms. The first-order valence-corrected chi connectivity index (χ1v) is 6.91. The van der Waals surface area contributed by atoms with Crippen LogP contribution in [-0.4, -0.2) is 16.6 Å². The van der Waals surface area contributed by atoms with Crippen LogP contribution in [0.4, 0.5) is 5.82 Å². The first-order chi connectivity index (χ1) is 10.2. The lowest BCUT2D eigenvalue weighted by atomic mass is 10.1. The van der Waals surface area contributed by atoms with Gasteiger partial charge < -0.3 is 14.9 Å². The van der Waals surface area contributed by atoms with Crippen molar-refractivity contribution < 1.29 is 9.47 Å². The number of hydrogen-bond donors (Lipinski definition) is 2. The van der Waals surface area contributed by atoms with E-state index in [9.17, 15) is 0 Å². The Balaban J connectivity index is 1.92. The molecule has 2 aromatic rings. The van der Waals surface area contributed by atoms with E-state index in [4.69, 9.17) is 15.3 Å². The van der Waals surface area contributed by atoms with Crippen LogP contribution in [0, 0.1) is 0 Å². The van der Waals surface area contributed by atoms with E-state index >= 15 is 0 Å². The second kappa shape index (κ2) is 5.57. The van der Waals surface area contributed by atoms with Gasteiger partial charge in [0.15, 0.2) is 23.4 Å². The third-order valence-electron chi connectivity index (χ3n) is 3.30. The molecule has 110 valence electrons. The molecule has 1 unspecified atom stereocenters. The number of hydrogen-bond acceptors (Lipinski definition) is 6. The molecule has 1 aromatic carbocycles. The van der Waals surface area contributed by atoms with Gasteiger partial charge >= 0.3 is 0 Å². The Kier molecular flexibility index (Phi) is 3.62. The lowest BCUT2D eigenvalue weighted by Crippen LogP contribution is -2.25. The molecular weight excluding hydrogens is 268 g/mol. The zero-order valence-corrected chi connectivity index (χ0v) is 12.0. The molecule has 3 N–H and O–H groups in total. The Morgan fingerprint density at radius 2 is 2.00 bits per heavy atom. The van der Waals surface area contributed by atoms with Gasteiger partial charge in [-0.05, 0) is 18.1 Å². The van der Waals surface area contributed by atoms with Gasteiger partial charge in [-0.1, -0.05) is 26.0 Å². The molecule has 1 aliphatic heterocycles. The summed E-state index contributed by atoms with van der Waals surface area (Å²) in [6, 6.07) is 9.41. The quantitative estimate of drug-likeness (QED) is 0.666. The van der Waals surface area contributed by atoms with E-state index in [1.54, 1.807) is 0 Å².